The number of carbonyl (C=O) groups is 2. The van der Waals surface area contributed by atoms with E-state index in [-0.39, 0.29) is 18.0 Å². The van der Waals surface area contributed by atoms with Crippen molar-refractivity contribution in [2.45, 2.75) is 39.3 Å². The molecule has 0 saturated carbocycles. The molecule has 2 heterocycles. The van der Waals surface area contributed by atoms with Crippen molar-refractivity contribution in [1.82, 2.24) is 20.7 Å². The summed E-state index contributed by atoms with van der Waals surface area (Å²) in [6.45, 7) is 7.24. The van der Waals surface area contributed by atoms with Crippen LogP contribution in [0.1, 0.15) is 41.0 Å². The van der Waals surface area contributed by atoms with Gasteiger partial charge in [0, 0.05) is 41.3 Å². The van der Waals surface area contributed by atoms with Crippen LogP contribution in [0.15, 0.2) is 48.5 Å². The van der Waals surface area contributed by atoms with Crippen molar-refractivity contribution < 1.29 is 14.8 Å². The molecule has 2 amide bonds. The number of nitrogens with one attached hydrogen (secondary N) is 3. The lowest BCUT2D eigenvalue weighted by Gasteiger charge is -2.20. The zero-order chi connectivity index (χ0) is 22.8. The molecule has 0 bridgehead atoms. The van der Waals surface area contributed by atoms with Crippen LogP contribution in [-0.2, 0) is 11.2 Å². The second-order valence-corrected chi connectivity index (χ2v) is 8.86. The van der Waals surface area contributed by atoms with E-state index in [4.69, 9.17) is 5.21 Å². The van der Waals surface area contributed by atoms with Crippen LogP contribution in [0.4, 0.5) is 0 Å². The molecule has 0 unspecified atom stereocenters. The number of para-hydroxylation sites is 1. The van der Waals surface area contributed by atoms with E-state index < -0.39 is 11.8 Å². The summed E-state index contributed by atoms with van der Waals surface area (Å²) >= 11 is 0. The molecule has 168 valence electrons. The minimum absolute atomic E-state index is 0.217. The lowest BCUT2D eigenvalue weighted by atomic mass is 10.00. The predicted octanol–water partition coefficient (Wildman–Crippen LogP) is 3.01. The van der Waals surface area contributed by atoms with Crippen molar-refractivity contribution in [1.29, 1.82) is 0 Å². The molecule has 4 N–H and O–H groups in total. The standard InChI is InChI=1S/C25H30N4O3/c1-15(2)29-13-21(25(31)28-32)23(14-29)27-24(30)18-10-8-17(9-11-18)12-20-16(3)26-22-7-5-4-6-19(20)22/h4-11,15,21,23,26,32H,12-14H2,1-3H3,(H,27,30)(H,28,31)/t21-,23+/m0/s1. The summed E-state index contributed by atoms with van der Waals surface area (Å²) in [5.41, 5.74) is 6.95. The Labute approximate surface area is 187 Å². The average Bonchev–Trinajstić information content (AvgIpc) is 3.35. The molecule has 7 nitrogen and oxygen atoms in total. The second-order valence-electron chi connectivity index (χ2n) is 8.86. The Kier molecular flexibility index (Phi) is 6.30. The minimum Gasteiger partial charge on any atom is -0.358 e. The number of hydroxylamine groups is 1. The van der Waals surface area contributed by atoms with Gasteiger partial charge < -0.3 is 10.3 Å². The normalized spacial score (nSPS) is 18.9. The largest absolute Gasteiger partial charge is 0.358 e. The number of amides is 2. The molecule has 1 aliphatic rings. The molecule has 1 aromatic heterocycles. The topological polar surface area (TPSA) is 97.5 Å². The fourth-order valence-electron chi connectivity index (χ4n) is 4.54. The number of hydrogen-bond acceptors (Lipinski definition) is 4. The van der Waals surface area contributed by atoms with Crippen molar-refractivity contribution >= 4 is 22.7 Å². The minimum atomic E-state index is -0.490. The summed E-state index contributed by atoms with van der Waals surface area (Å²) in [5.74, 6) is -1.18. The van der Waals surface area contributed by atoms with Crippen LogP contribution in [0.5, 0.6) is 0 Å². The number of carbonyl (C=O) groups excluding carboxylic acids is 2. The molecule has 0 radical (unpaired) electrons. The summed E-state index contributed by atoms with van der Waals surface area (Å²) in [4.78, 5) is 30.5. The van der Waals surface area contributed by atoms with Crippen LogP contribution in [0.3, 0.4) is 0 Å². The maximum absolute atomic E-state index is 12.9. The highest BCUT2D eigenvalue weighted by Crippen LogP contribution is 2.25. The lowest BCUT2D eigenvalue weighted by molar-refractivity contribution is -0.133. The van der Waals surface area contributed by atoms with Gasteiger partial charge in [0.15, 0.2) is 0 Å². The first-order chi connectivity index (χ1) is 15.4. The zero-order valence-electron chi connectivity index (χ0n) is 18.7. The van der Waals surface area contributed by atoms with Crippen LogP contribution in [0.2, 0.25) is 0 Å². The molecule has 1 aliphatic heterocycles. The van der Waals surface area contributed by atoms with Crippen molar-refractivity contribution in [3.63, 3.8) is 0 Å². The van der Waals surface area contributed by atoms with Crippen LogP contribution >= 0.6 is 0 Å². The number of fused-ring (bicyclic) bond motifs is 1. The Balaban J connectivity index is 1.46. The van der Waals surface area contributed by atoms with E-state index in [9.17, 15) is 9.59 Å². The highest BCUT2D eigenvalue weighted by Gasteiger charge is 2.39. The Morgan fingerprint density at radius 3 is 2.53 bits per heavy atom. The van der Waals surface area contributed by atoms with Gasteiger partial charge in [-0.3, -0.25) is 19.7 Å². The van der Waals surface area contributed by atoms with Crippen molar-refractivity contribution in [3.8, 4) is 0 Å². The van der Waals surface area contributed by atoms with Gasteiger partial charge in [0.2, 0.25) is 5.91 Å². The SMILES string of the molecule is Cc1[nH]c2ccccc2c1Cc1ccc(C(=O)N[C@@H]2CN(C(C)C)C[C@@H]2C(=O)NO)cc1. The molecule has 3 aromatic rings. The molecular weight excluding hydrogens is 404 g/mol. The van der Waals surface area contributed by atoms with E-state index in [1.807, 2.05) is 50.2 Å². The number of rotatable bonds is 6. The predicted molar refractivity (Wildman–Crippen MR) is 124 cm³/mol. The zero-order valence-corrected chi connectivity index (χ0v) is 18.7. The molecule has 2 aromatic carbocycles. The Bertz CT molecular complexity index is 1120. The second kappa shape index (κ2) is 9.14. The Morgan fingerprint density at radius 2 is 1.84 bits per heavy atom. The lowest BCUT2D eigenvalue weighted by Crippen LogP contribution is -2.45. The van der Waals surface area contributed by atoms with E-state index in [0.29, 0.717) is 18.7 Å². The van der Waals surface area contributed by atoms with E-state index in [0.717, 1.165) is 23.2 Å². The van der Waals surface area contributed by atoms with Crippen LogP contribution in [-0.4, -0.2) is 52.1 Å². The maximum atomic E-state index is 12.9. The van der Waals surface area contributed by atoms with Crippen molar-refractivity contribution in [2.24, 2.45) is 5.92 Å². The molecule has 32 heavy (non-hydrogen) atoms. The van der Waals surface area contributed by atoms with Gasteiger partial charge in [-0.2, -0.15) is 0 Å². The van der Waals surface area contributed by atoms with Gasteiger partial charge in [-0.25, -0.2) is 5.48 Å². The van der Waals surface area contributed by atoms with E-state index in [2.05, 4.69) is 34.3 Å². The average molecular weight is 435 g/mol. The summed E-state index contributed by atoms with van der Waals surface area (Å²) < 4.78 is 0. The summed E-state index contributed by atoms with van der Waals surface area (Å²) in [6, 6.07) is 15.8. The van der Waals surface area contributed by atoms with Gasteiger partial charge in [-0.15, -0.1) is 0 Å². The monoisotopic (exact) mass is 434 g/mol. The fraction of sp³-hybridized carbons (Fsp3) is 0.360. The number of H-pyrrole nitrogens is 1. The first-order valence-electron chi connectivity index (χ1n) is 11.0. The van der Waals surface area contributed by atoms with E-state index >= 15 is 0 Å². The number of benzene rings is 2. The molecule has 7 heteroatoms. The molecular formula is C25H30N4O3. The van der Waals surface area contributed by atoms with Gasteiger partial charge in [-0.05, 0) is 56.5 Å². The number of aromatic amines is 1. The maximum Gasteiger partial charge on any atom is 0.251 e. The summed E-state index contributed by atoms with van der Waals surface area (Å²) in [5, 5.41) is 13.3. The smallest absolute Gasteiger partial charge is 0.251 e. The van der Waals surface area contributed by atoms with Gasteiger partial charge in [0.25, 0.3) is 5.91 Å². The van der Waals surface area contributed by atoms with Crippen molar-refractivity contribution in [2.75, 3.05) is 13.1 Å². The third-order valence-corrected chi connectivity index (χ3v) is 6.47. The summed E-state index contributed by atoms with van der Waals surface area (Å²) in [6.07, 6.45) is 0.780. The van der Waals surface area contributed by atoms with Gasteiger partial charge >= 0.3 is 0 Å². The highest BCUT2D eigenvalue weighted by molar-refractivity contribution is 5.95. The third-order valence-electron chi connectivity index (χ3n) is 6.47. The van der Waals surface area contributed by atoms with Crippen molar-refractivity contribution in [3.05, 3.63) is 70.9 Å². The first-order valence-corrected chi connectivity index (χ1v) is 11.0. The molecule has 1 fully saturated rings. The van der Waals surface area contributed by atoms with Gasteiger partial charge in [-0.1, -0.05) is 30.3 Å². The highest BCUT2D eigenvalue weighted by atomic mass is 16.5. The molecule has 2 atom stereocenters. The summed E-state index contributed by atoms with van der Waals surface area (Å²) in [7, 11) is 0. The number of nitrogens with zero attached hydrogens (tertiary/aromatic N) is 1. The quantitative estimate of drug-likeness (QED) is 0.354. The van der Waals surface area contributed by atoms with Gasteiger partial charge in [0.05, 0.1) is 12.0 Å². The molecule has 0 aliphatic carbocycles. The van der Waals surface area contributed by atoms with E-state index in [1.54, 1.807) is 5.48 Å². The fourth-order valence-corrected chi connectivity index (χ4v) is 4.54. The molecule has 0 spiro atoms. The number of aryl methyl sites for hydroxylation is 1. The number of aromatic nitrogens is 1. The van der Waals surface area contributed by atoms with Crippen LogP contribution < -0.4 is 10.8 Å². The Hall–Kier alpha value is -3.16. The number of hydrogen-bond donors (Lipinski definition) is 4. The third kappa shape index (κ3) is 4.40. The Morgan fingerprint density at radius 1 is 1.12 bits per heavy atom. The van der Waals surface area contributed by atoms with Crippen LogP contribution in [0.25, 0.3) is 10.9 Å². The first kappa shape index (κ1) is 22.0. The van der Waals surface area contributed by atoms with Crippen LogP contribution in [0, 0.1) is 12.8 Å². The molecule has 1 saturated heterocycles. The van der Waals surface area contributed by atoms with E-state index in [1.165, 1.54) is 10.9 Å². The number of likely N-dealkylation sites (tertiary alicyclic amines) is 1. The van der Waals surface area contributed by atoms with Gasteiger partial charge in [0.1, 0.15) is 0 Å². The molecule has 4 rings (SSSR count).